The van der Waals surface area contributed by atoms with E-state index in [4.69, 9.17) is 0 Å². The normalized spacial score (nSPS) is 12.0. The van der Waals surface area contributed by atoms with E-state index in [2.05, 4.69) is 10.3 Å². The van der Waals surface area contributed by atoms with E-state index in [0.29, 0.717) is 11.4 Å². The zero-order valence-corrected chi connectivity index (χ0v) is 14.5. The van der Waals surface area contributed by atoms with Crippen molar-refractivity contribution in [1.82, 2.24) is 4.98 Å². The van der Waals surface area contributed by atoms with Gasteiger partial charge in [-0.2, -0.15) is 0 Å². The smallest absolute Gasteiger partial charge is 0.295 e. The van der Waals surface area contributed by atoms with Crippen LogP contribution in [0.15, 0.2) is 42.5 Å². The van der Waals surface area contributed by atoms with E-state index in [9.17, 15) is 18.5 Å². The lowest BCUT2D eigenvalue weighted by Gasteiger charge is -2.23. The van der Waals surface area contributed by atoms with Crippen LogP contribution in [-0.2, 0) is 9.84 Å². The Morgan fingerprint density at radius 1 is 1.17 bits per heavy atom. The van der Waals surface area contributed by atoms with Crippen LogP contribution in [0.4, 0.5) is 11.5 Å². The molecule has 0 saturated heterocycles. The van der Waals surface area contributed by atoms with Crippen molar-refractivity contribution < 1.29 is 13.3 Å². The van der Waals surface area contributed by atoms with Crippen molar-refractivity contribution in [3.05, 3.63) is 52.6 Å². The minimum absolute atomic E-state index is 0.103. The van der Waals surface area contributed by atoms with Gasteiger partial charge in [0, 0.05) is 24.4 Å². The third-order valence-electron chi connectivity index (χ3n) is 3.82. The first-order valence-electron chi connectivity index (χ1n) is 7.26. The van der Waals surface area contributed by atoms with Gasteiger partial charge in [-0.15, -0.1) is 0 Å². The van der Waals surface area contributed by atoms with Gasteiger partial charge in [0.2, 0.25) is 0 Å². The third-order valence-corrected chi connectivity index (χ3v) is 5.97. The monoisotopic (exact) mass is 349 g/mol. The maximum atomic E-state index is 11.8. The fourth-order valence-electron chi connectivity index (χ4n) is 1.94. The van der Waals surface area contributed by atoms with Gasteiger partial charge in [-0.25, -0.2) is 13.4 Å². The Hall–Kier alpha value is -2.48. The number of benzene rings is 1. The van der Waals surface area contributed by atoms with Crippen LogP contribution >= 0.6 is 0 Å². The van der Waals surface area contributed by atoms with Gasteiger partial charge in [0.15, 0.2) is 15.5 Å². The summed E-state index contributed by atoms with van der Waals surface area (Å²) in [6.45, 7) is 3.36. The van der Waals surface area contributed by atoms with E-state index in [1.54, 1.807) is 38.1 Å². The molecule has 1 heterocycles. The largest absolute Gasteiger partial charge is 0.368 e. The van der Waals surface area contributed by atoms with E-state index in [0.717, 1.165) is 0 Å². The van der Waals surface area contributed by atoms with Gasteiger partial charge in [-0.3, -0.25) is 10.1 Å². The van der Waals surface area contributed by atoms with Crippen molar-refractivity contribution in [2.75, 3.05) is 18.1 Å². The van der Waals surface area contributed by atoms with Crippen LogP contribution in [-0.4, -0.2) is 35.9 Å². The molecule has 24 heavy (non-hydrogen) atoms. The lowest BCUT2D eigenvalue weighted by atomic mass is 10.1. The Kier molecular flexibility index (Phi) is 4.88. The van der Waals surface area contributed by atoms with Crippen LogP contribution in [0.2, 0.25) is 0 Å². The number of pyridine rings is 1. The summed E-state index contributed by atoms with van der Waals surface area (Å²) in [6.07, 6.45) is 1.17. The third kappa shape index (κ3) is 3.88. The average Bonchev–Trinajstić information content (AvgIpc) is 2.52. The highest BCUT2D eigenvalue weighted by Gasteiger charge is 2.30. The zero-order chi connectivity index (χ0) is 18.0. The minimum Gasteiger partial charge on any atom is -0.368 e. The number of nitrogens with zero attached hydrogens (tertiary/aromatic N) is 2. The SMILES string of the molecule is CC(C)(CNc1ccc([N+](=O)[O-])c(-c2ccccc2)n1)S(C)(=O)=O. The van der Waals surface area contributed by atoms with Gasteiger partial charge in [0.1, 0.15) is 5.82 Å². The molecule has 1 aromatic carbocycles. The van der Waals surface area contributed by atoms with Gasteiger partial charge in [0.05, 0.1) is 9.67 Å². The van der Waals surface area contributed by atoms with Crippen molar-refractivity contribution in [2.45, 2.75) is 18.6 Å². The molecule has 2 aromatic rings. The maximum absolute atomic E-state index is 11.8. The molecule has 0 amide bonds. The molecule has 8 heteroatoms. The van der Waals surface area contributed by atoms with Crippen molar-refractivity contribution in [2.24, 2.45) is 0 Å². The van der Waals surface area contributed by atoms with Gasteiger partial charge >= 0.3 is 0 Å². The lowest BCUT2D eigenvalue weighted by molar-refractivity contribution is -0.384. The van der Waals surface area contributed by atoms with E-state index >= 15 is 0 Å². The number of hydrogen-bond acceptors (Lipinski definition) is 6. The van der Waals surface area contributed by atoms with Crippen LogP contribution in [0.25, 0.3) is 11.3 Å². The highest BCUT2D eigenvalue weighted by Crippen LogP contribution is 2.29. The minimum atomic E-state index is -3.25. The average molecular weight is 349 g/mol. The van der Waals surface area contributed by atoms with Crippen LogP contribution < -0.4 is 5.32 Å². The number of sulfone groups is 1. The summed E-state index contributed by atoms with van der Waals surface area (Å²) in [6, 6.07) is 11.7. The second kappa shape index (κ2) is 6.56. The second-order valence-corrected chi connectivity index (χ2v) is 8.72. The first-order chi connectivity index (χ1) is 11.1. The summed E-state index contributed by atoms with van der Waals surface area (Å²) in [4.78, 5) is 15.0. The fraction of sp³-hybridized carbons (Fsp3) is 0.312. The molecule has 0 aliphatic rings. The molecule has 0 aliphatic heterocycles. The number of aromatic nitrogens is 1. The van der Waals surface area contributed by atoms with Crippen LogP contribution in [0, 0.1) is 10.1 Å². The fourth-order valence-corrected chi connectivity index (χ4v) is 2.27. The Balaban J connectivity index is 2.36. The summed E-state index contributed by atoms with van der Waals surface area (Å²) in [5, 5.41) is 14.2. The van der Waals surface area contributed by atoms with Gasteiger partial charge < -0.3 is 5.32 Å². The standard InChI is InChI=1S/C16H19N3O4S/c1-16(2,24(3,22)23)11-17-14-10-9-13(19(20)21)15(18-14)12-7-5-4-6-8-12/h4-10H,11H2,1-3H3,(H,17,18). The van der Waals surface area contributed by atoms with Gasteiger partial charge in [0.25, 0.3) is 5.69 Å². The summed E-state index contributed by atoms with van der Waals surface area (Å²) in [7, 11) is -3.25. The summed E-state index contributed by atoms with van der Waals surface area (Å²) in [5.41, 5.74) is 0.757. The molecule has 0 bridgehead atoms. The van der Waals surface area contributed by atoms with E-state index in [1.807, 2.05) is 6.07 Å². The number of hydrogen-bond donors (Lipinski definition) is 1. The molecular weight excluding hydrogens is 330 g/mol. The number of nitro groups is 1. The van der Waals surface area contributed by atoms with Crippen molar-refractivity contribution in [3.63, 3.8) is 0 Å². The topological polar surface area (TPSA) is 102 Å². The first kappa shape index (κ1) is 17.9. The van der Waals surface area contributed by atoms with Crippen molar-refractivity contribution in [1.29, 1.82) is 0 Å². The molecule has 7 nitrogen and oxygen atoms in total. The Morgan fingerprint density at radius 3 is 2.33 bits per heavy atom. The molecule has 0 fully saturated rings. The Morgan fingerprint density at radius 2 is 1.79 bits per heavy atom. The first-order valence-corrected chi connectivity index (χ1v) is 9.15. The molecule has 1 N–H and O–H groups in total. The van der Waals surface area contributed by atoms with E-state index in [1.165, 1.54) is 18.4 Å². The zero-order valence-electron chi connectivity index (χ0n) is 13.7. The van der Waals surface area contributed by atoms with E-state index < -0.39 is 19.5 Å². The molecule has 0 aliphatic carbocycles. The van der Waals surface area contributed by atoms with Crippen molar-refractivity contribution in [3.8, 4) is 11.3 Å². The molecule has 2 rings (SSSR count). The quantitative estimate of drug-likeness (QED) is 0.635. The molecule has 0 saturated carbocycles. The van der Waals surface area contributed by atoms with Gasteiger partial charge in [-0.05, 0) is 19.9 Å². The van der Waals surface area contributed by atoms with Crippen molar-refractivity contribution >= 4 is 21.3 Å². The lowest BCUT2D eigenvalue weighted by Crippen LogP contribution is -2.38. The molecule has 128 valence electrons. The predicted molar refractivity (Wildman–Crippen MR) is 93.7 cm³/mol. The molecule has 0 unspecified atom stereocenters. The molecular formula is C16H19N3O4S. The molecule has 1 aromatic heterocycles. The molecule has 0 spiro atoms. The van der Waals surface area contributed by atoms with Crippen LogP contribution in [0.1, 0.15) is 13.8 Å². The summed E-state index contributed by atoms with van der Waals surface area (Å²) in [5.74, 6) is 0.385. The summed E-state index contributed by atoms with van der Waals surface area (Å²) < 4.78 is 22.5. The Labute approximate surface area is 140 Å². The summed E-state index contributed by atoms with van der Waals surface area (Å²) >= 11 is 0. The van der Waals surface area contributed by atoms with Crippen LogP contribution in [0.5, 0.6) is 0 Å². The number of anilines is 1. The predicted octanol–water partition coefficient (Wildman–Crippen LogP) is 2.89. The molecule has 0 radical (unpaired) electrons. The van der Waals surface area contributed by atoms with Crippen LogP contribution in [0.3, 0.4) is 0 Å². The molecule has 0 atom stereocenters. The van der Waals surface area contributed by atoms with Gasteiger partial charge in [-0.1, -0.05) is 30.3 Å². The highest BCUT2D eigenvalue weighted by atomic mass is 32.2. The maximum Gasteiger partial charge on any atom is 0.295 e. The highest BCUT2D eigenvalue weighted by molar-refractivity contribution is 7.92. The number of nitrogens with one attached hydrogen (secondary N) is 1. The van der Waals surface area contributed by atoms with E-state index in [-0.39, 0.29) is 17.9 Å². The number of rotatable bonds is 6. The second-order valence-electron chi connectivity index (χ2n) is 6.07. The Bertz CT molecular complexity index is 849.